The molecule has 3 N–H and O–H groups in total. The van der Waals surface area contributed by atoms with Crippen LogP contribution in [0.2, 0.25) is 0 Å². The van der Waals surface area contributed by atoms with Crippen LogP contribution in [0.1, 0.15) is 60.3 Å². The Morgan fingerprint density at radius 2 is 2.00 bits per heavy atom. The SMILES string of the molecule is C[C@H](N)C(=O)N1CCC(C(NC(=O)c2cc(C3CC3)on2)C(=O)Cc2cccnc2)CC1. The van der Waals surface area contributed by atoms with Crippen LogP contribution in [-0.2, 0) is 16.0 Å². The topological polar surface area (TPSA) is 131 Å². The van der Waals surface area contributed by atoms with Crippen molar-refractivity contribution in [2.45, 2.75) is 57.0 Å². The maximum atomic E-state index is 13.2. The lowest BCUT2D eigenvalue weighted by Crippen LogP contribution is -2.52. The molecule has 0 radical (unpaired) electrons. The average molecular weight is 440 g/mol. The number of nitrogens with two attached hydrogens (primary N) is 1. The second-order valence-corrected chi connectivity index (χ2v) is 8.80. The summed E-state index contributed by atoms with van der Waals surface area (Å²) in [6.07, 6.45) is 6.77. The molecular formula is C23H29N5O4. The molecule has 4 rings (SSSR count). The molecule has 32 heavy (non-hydrogen) atoms. The summed E-state index contributed by atoms with van der Waals surface area (Å²) in [7, 11) is 0. The zero-order valence-electron chi connectivity index (χ0n) is 18.2. The number of pyridine rings is 1. The highest BCUT2D eigenvalue weighted by Gasteiger charge is 2.35. The van der Waals surface area contributed by atoms with E-state index in [4.69, 9.17) is 10.3 Å². The van der Waals surface area contributed by atoms with Crippen LogP contribution in [0.3, 0.4) is 0 Å². The normalized spacial score (nSPS) is 18.8. The Labute approximate surface area is 186 Å². The van der Waals surface area contributed by atoms with Gasteiger partial charge in [0.05, 0.1) is 12.1 Å². The van der Waals surface area contributed by atoms with Gasteiger partial charge in [-0.1, -0.05) is 11.2 Å². The van der Waals surface area contributed by atoms with Gasteiger partial charge in [0.25, 0.3) is 5.91 Å². The molecule has 9 heteroatoms. The molecule has 0 aromatic carbocycles. The molecule has 0 bridgehead atoms. The van der Waals surface area contributed by atoms with E-state index in [-0.39, 0.29) is 29.7 Å². The minimum Gasteiger partial charge on any atom is -0.360 e. The Hall–Kier alpha value is -3.07. The first kappa shape index (κ1) is 22.1. The summed E-state index contributed by atoms with van der Waals surface area (Å²) in [5, 5.41) is 6.80. The predicted molar refractivity (Wildman–Crippen MR) is 116 cm³/mol. The highest BCUT2D eigenvalue weighted by atomic mass is 16.5. The number of carbonyl (C=O) groups is 3. The first-order valence-corrected chi connectivity index (χ1v) is 11.2. The van der Waals surface area contributed by atoms with Crippen molar-refractivity contribution in [2.24, 2.45) is 11.7 Å². The van der Waals surface area contributed by atoms with Crippen molar-refractivity contribution in [3.05, 3.63) is 47.6 Å². The van der Waals surface area contributed by atoms with E-state index in [2.05, 4.69) is 15.5 Å². The van der Waals surface area contributed by atoms with Crippen LogP contribution in [-0.4, -0.2) is 57.8 Å². The second-order valence-electron chi connectivity index (χ2n) is 8.80. The van der Waals surface area contributed by atoms with Crippen LogP contribution >= 0.6 is 0 Å². The number of carbonyl (C=O) groups excluding carboxylic acids is 3. The van der Waals surface area contributed by atoms with E-state index in [1.165, 1.54) is 0 Å². The van der Waals surface area contributed by atoms with Gasteiger partial charge >= 0.3 is 0 Å². The number of Topliss-reactive ketones (excluding diaryl/α,β-unsaturated/α-hetero) is 1. The number of likely N-dealkylation sites (tertiary alicyclic amines) is 1. The fourth-order valence-corrected chi connectivity index (χ4v) is 4.19. The highest BCUT2D eigenvalue weighted by Crippen LogP contribution is 2.40. The van der Waals surface area contributed by atoms with E-state index < -0.39 is 18.0 Å². The Bertz CT molecular complexity index is 962. The first-order valence-electron chi connectivity index (χ1n) is 11.2. The lowest BCUT2D eigenvalue weighted by Gasteiger charge is -2.36. The van der Waals surface area contributed by atoms with Gasteiger partial charge in [0, 0.05) is 43.9 Å². The average Bonchev–Trinajstić information content (AvgIpc) is 3.53. The number of ketones is 1. The number of piperidine rings is 1. The van der Waals surface area contributed by atoms with Crippen molar-refractivity contribution >= 4 is 17.6 Å². The monoisotopic (exact) mass is 439 g/mol. The molecule has 9 nitrogen and oxygen atoms in total. The van der Waals surface area contributed by atoms with Gasteiger partial charge in [-0.15, -0.1) is 0 Å². The third-order valence-electron chi connectivity index (χ3n) is 6.19. The van der Waals surface area contributed by atoms with Crippen LogP contribution in [0.15, 0.2) is 35.1 Å². The van der Waals surface area contributed by atoms with Gasteiger partial charge in [-0.3, -0.25) is 19.4 Å². The number of rotatable bonds is 8. The third-order valence-corrected chi connectivity index (χ3v) is 6.19. The number of hydrogen-bond donors (Lipinski definition) is 2. The van der Waals surface area contributed by atoms with E-state index in [1.807, 2.05) is 6.07 Å². The van der Waals surface area contributed by atoms with Gasteiger partial charge in [0.1, 0.15) is 5.76 Å². The number of aromatic nitrogens is 2. The van der Waals surface area contributed by atoms with E-state index in [1.54, 1.807) is 36.4 Å². The molecule has 1 saturated heterocycles. The zero-order valence-corrected chi connectivity index (χ0v) is 18.2. The quantitative estimate of drug-likeness (QED) is 0.636. The molecule has 1 unspecified atom stereocenters. The number of hydrogen-bond acceptors (Lipinski definition) is 7. The van der Waals surface area contributed by atoms with Crippen LogP contribution in [0.4, 0.5) is 0 Å². The Kier molecular flexibility index (Phi) is 6.64. The van der Waals surface area contributed by atoms with Crippen LogP contribution in [0, 0.1) is 5.92 Å². The van der Waals surface area contributed by atoms with Gasteiger partial charge < -0.3 is 20.5 Å². The van der Waals surface area contributed by atoms with E-state index in [0.717, 1.165) is 24.2 Å². The molecule has 0 spiro atoms. The van der Waals surface area contributed by atoms with Gasteiger partial charge in [0.15, 0.2) is 11.5 Å². The molecular weight excluding hydrogens is 410 g/mol. The van der Waals surface area contributed by atoms with Crippen molar-refractivity contribution in [3.8, 4) is 0 Å². The number of nitrogens with one attached hydrogen (secondary N) is 1. The minimum atomic E-state index is -0.684. The second kappa shape index (κ2) is 9.60. The molecule has 2 aliphatic rings. The molecule has 2 aromatic heterocycles. The summed E-state index contributed by atoms with van der Waals surface area (Å²) >= 11 is 0. The fourth-order valence-electron chi connectivity index (χ4n) is 4.19. The fraction of sp³-hybridized carbons (Fsp3) is 0.522. The van der Waals surface area contributed by atoms with Crippen molar-refractivity contribution in [2.75, 3.05) is 13.1 Å². The maximum absolute atomic E-state index is 13.2. The van der Waals surface area contributed by atoms with Crippen LogP contribution in [0.5, 0.6) is 0 Å². The van der Waals surface area contributed by atoms with Crippen LogP contribution < -0.4 is 11.1 Å². The smallest absolute Gasteiger partial charge is 0.274 e. The van der Waals surface area contributed by atoms with Gasteiger partial charge in [-0.25, -0.2) is 0 Å². The summed E-state index contributed by atoms with van der Waals surface area (Å²) in [5.74, 6) is 0.374. The third kappa shape index (κ3) is 5.21. The number of nitrogens with zero attached hydrogens (tertiary/aromatic N) is 3. The predicted octanol–water partition coefficient (Wildman–Crippen LogP) is 1.44. The molecule has 1 aliphatic heterocycles. The molecule has 2 atom stereocenters. The molecule has 3 heterocycles. The highest BCUT2D eigenvalue weighted by molar-refractivity contribution is 5.97. The van der Waals surface area contributed by atoms with E-state index >= 15 is 0 Å². The summed E-state index contributed by atoms with van der Waals surface area (Å²) in [6.45, 7) is 2.68. The Morgan fingerprint density at radius 3 is 2.62 bits per heavy atom. The molecule has 2 aromatic rings. The number of amides is 2. The Balaban J connectivity index is 1.46. The molecule has 1 aliphatic carbocycles. The molecule has 1 saturated carbocycles. The minimum absolute atomic E-state index is 0.0879. The lowest BCUT2D eigenvalue weighted by molar-refractivity contribution is -0.133. The van der Waals surface area contributed by atoms with Gasteiger partial charge in [-0.2, -0.15) is 0 Å². The zero-order chi connectivity index (χ0) is 22.7. The van der Waals surface area contributed by atoms with Crippen molar-refractivity contribution in [1.82, 2.24) is 20.4 Å². The Morgan fingerprint density at radius 1 is 1.25 bits per heavy atom. The molecule has 170 valence electrons. The standard InChI is InChI=1S/C23H29N5O4/c1-14(24)23(31)28-9-6-17(7-10-28)21(19(29)11-15-3-2-8-25-13-15)26-22(30)18-12-20(32-27-18)16-4-5-16/h2-3,8,12-14,16-17,21H,4-7,9-11,24H2,1H3,(H,26,30)/t14-,21?/m0/s1. The largest absolute Gasteiger partial charge is 0.360 e. The maximum Gasteiger partial charge on any atom is 0.274 e. The molecule has 2 fully saturated rings. The van der Waals surface area contributed by atoms with Gasteiger partial charge in [-0.05, 0) is 50.2 Å². The summed E-state index contributed by atoms with van der Waals surface area (Å²) in [5.41, 5.74) is 6.71. The van der Waals surface area contributed by atoms with Crippen molar-refractivity contribution in [3.63, 3.8) is 0 Å². The van der Waals surface area contributed by atoms with E-state index in [0.29, 0.717) is 31.8 Å². The molecule has 2 amide bonds. The first-order chi connectivity index (χ1) is 15.4. The summed E-state index contributed by atoms with van der Waals surface area (Å²) in [4.78, 5) is 44.1. The summed E-state index contributed by atoms with van der Waals surface area (Å²) < 4.78 is 5.30. The van der Waals surface area contributed by atoms with E-state index in [9.17, 15) is 14.4 Å². The summed E-state index contributed by atoms with van der Waals surface area (Å²) in [6, 6.07) is 4.05. The van der Waals surface area contributed by atoms with Crippen LogP contribution in [0.25, 0.3) is 0 Å². The lowest BCUT2D eigenvalue weighted by atomic mass is 9.85. The van der Waals surface area contributed by atoms with Crippen molar-refractivity contribution < 1.29 is 18.9 Å². The van der Waals surface area contributed by atoms with Crippen molar-refractivity contribution in [1.29, 1.82) is 0 Å². The van der Waals surface area contributed by atoms with Gasteiger partial charge in [0.2, 0.25) is 5.91 Å².